The molecule has 1 aliphatic heterocycles. The highest BCUT2D eigenvalue weighted by molar-refractivity contribution is 9.10. The maximum atomic E-state index is 13.0. The number of carbonyl (C=O) groups is 1. The van der Waals surface area contributed by atoms with Crippen molar-refractivity contribution in [2.24, 2.45) is 0 Å². The molecule has 1 fully saturated rings. The summed E-state index contributed by atoms with van der Waals surface area (Å²) in [7, 11) is 1.54. The smallest absolute Gasteiger partial charge is 0.271 e. The minimum Gasteiger partial charge on any atom is -0.493 e. The SMILES string of the molecule is CCOc1c(Br)cc(C(=O)N2CCN(c3cccc([N+](=O)[O-])c3)CC2)cc1OC. The van der Waals surface area contributed by atoms with E-state index in [-0.39, 0.29) is 11.6 Å². The highest BCUT2D eigenvalue weighted by Crippen LogP contribution is 2.37. The standard InChI is InChI=1S/C20H22BrN3O5/c1-3-29-19-17(21)11-14(12-18(19)28-2)20(25)23-9-7-22(8-10-23)15-5-4-6-16(13-15)24(26)27/h4-6,11-13H,3,7-10H2,1-2H3. The van der Waals surface area contributed by atoms with E-state index >= 15 is 0 Å². The van der Waals surface area contributed by atoms with Gasteiger partial charge in [-0.3, -0.25) is 14.9 Å². The van der Waals surface area contributed by atoms with E-state index in [1.807, 2.05) is 17.9 Å². The molecule has 0 bridgehead atoms. The van der Waals surface area contributed by atoms with Crippen LogP contribution in [0.5, 0.6) is 11.5 Å². The Bertz CT molecular complexity index is 913. The fraction of sp³-hybridized carbons (Fsp3) is 0.350. The minimum atomic E-state index is -0.402. The maximum Gasteiger partial charge on any atom is 0.271 e. The summed E-state index contributed by atoms with van der Waals surface area (Å²) >= 11 is 3.45. The van der Waals surface area contributed by atoms with Crippen LogP contribution in [-0.2, 0) is 0 Å². The van der Waals surface area contributed by atoms with Gasteiger partial charge in [0.2, 0.25) is 0 Å². The van der Waals surface area contributed by atoms with Crippen molar-refractivity contribution in [1.82, 2.24) is 4.90 Å². The normalized spacial score (nSPS) is 13.9. The van der Waals surface area contributed by atoms with Gasteiger partial charge in [-0.1, -0.05) is 6.07 Å². The zero-order chi connectivity index (χ0) is 21.0. The maximum absolute atomic E-state index is 13.0. The lowest BCUT2D eigenvalue weighted by Gasteiger charge is -2.36. The average Bonchev–Trinajstić information content (AvgIpc) is 2.74. The van der Waals surface area contributed by atoms with Crippen molar-refractivity contribution in [3.63, 3.8) is 0 Å². The van der Waals surface area contributed by atoms with E-state index < -0.39 is 4.92 Å². The Morgan fingerprint density at radius 3 is 2.55 bits per heavy atom. The molecule has 1 heterocycles. The number of nitrogens with zero attached hydrogens (tertiary/aromatic N) is 3. The molecule has 2 aromatic rings. The first-order valence-electron chi connectivity index (χ1n) is 9.23. The van der Waals surface area contributed by atoms with Crippen LogP contribution in [0.3, 0.4) is 0 Å². The molecular weight excluding hydrogens is 442 g/mol. The van der Waals surface area contributed by atoms with Crippen molar-refractivity contribution < 1.29 is 19.2 Å². The Kier molecular flexibility index (Phi) is 6.58. The number of ether oxygens (including phenoxy) is 2. The van der Waals surface area contributed by atoms with Gasteiger partial charge in [-0.2, -0.15) is 0 Å². The molecule has 0 spiro atoms. The lowest BCUT2D eigenvalue weighted by atomic mass is 10.1. The van der Waals surface area contributed by atoms with Gasteiger partial charge in [0.1, 0.15) is 0 Å². The number of carbonyl (C=O) groups excluding carboxylic acids is 1. The molecule has 0 aromatic heterocycles. The van der Waals surface area contributed by atoms with Gasteiger partial charge < -0.3 is 19.3 Å². The van der Waals surface area contributed by atoms with Gasteiger partial charge in [0.05, 0.1) is 23.1 Å². The number of amides is 1. The topological polar surface area (TPSA) is 85.2 Å². The Morgan fingerprint density at radius 1 is 1.21 bits per heavy atom. The van der Waals surface area contributed by atoms with E-state index in [0.29, 0.717) is 54.3 Å². The molecular formula is C20H22BrN3O5. The molecule has 0 radical (unpaired) electrons. The zero-order valence-corrected chi connectivity index (χ0v) is 17.8. The lowest BCUT2D eigenvalue weighted by molar-refractivity contribution is -0.384. The number of hydrogen-bond acceptors (Lipinski definition) is 6. The van der Waals surface area contributed by atoms with Crippen molar-refractivity contribution in [1.29, 1.82) is 0 Å². The van der Waals surface area contributed by atoms with Crippen molar-refractivity contribution >= 4 is 33.2 Å². The number of piperazine rings is 1. The van der Waals surface area contributed by atoms with Crippen molar-refractivity contribution in [2.75, 3.05) is 44.8 Å². The number of benzene rings is 2. The van der Waals surface area contributed by atoms with E-state index in [2.05, 4.69) is 15.9 Å². The summed E-state index contributed by atoms with van der Waals surface area (Å²) in [5.74, 6) is 0.979. The van der Waals surface area contributed by atoms with Crippen LogP contribution < -0.4 is 14.4 Å². The van der Waals surface area contributed by atoms with Crippen LogP contribution in [0.15, 0.2) is 40.9 Å². The summed E-state index contributed by atoms with van der Waals surface area (Å²) in [5.41, 5.74) is 1.37. The zero-order valence-electron chi connectivity index (χ0n) is 16.3. The molecule has 29 heavy (non-hydrogen) atoms. The molecule has 1 saturated heterocycles. The Labute approximate surface area is 177 Å². The number of nitro benzene ring substituents is 1. The van der Waals surface area contributed by atoms with Gasteiger partial charge in [0.25, 0.3) is 11.6 Å². The van der Waals surface area contributed by atoms with Crippen LogP contribution in [-0.4, -0.2) is 55.6 Å². The molecule has 0 saturated carbocycles. The number of hydrogen-bond donors (Lipinski definition) is 0. The molecule has 0 unspecified atom stereocenters. The monoisotopic (exact) mass is 463 g/mol. The summed E-state index contributed by atoms with van der Waals surface area (Å²) in [5, 5.41) is 11.0. The van der Waals surface area contributed by atoms with Crippen LogP contribution in [0.25, 0.3) is 0 Å². The summed E-state index contributed by atoms with van der Waals surface area (Å²) in [4.78, 5) is 27.4. The molecule has 154 valence electrons. The molecule has 0 N–H and O–H groups in total. The van der Waals surface area contributed by atoms with Crippen molar-refractivity contribution in [2.45, 2.75) is 6.92 Å². The van der Waals surface area contributed by atoms with Crippen molar-refractivity contribution in [3.05, 3.63) is 56.5 Å². The molecule has 0 atom stereocenters. The predicted molar refractivity (Wildman–Crippen MR) is 113 cm³/mol. The third kappa shape index (κ3) is 4.61. The summed E-state index contributed by atoms with van der Waals surface area (Å²) in [6, 6.07) is 9.98. The second-order valence-electron chi connectivity index (χ2n) is 6.48. The fourth-order valence-electron chi connectivity index (χ4n) is 3.28. The van der Waals surface area contributed by atoms with E-state index in [9.17, 15) is 14.9 Å². The van der Waals surface area contributed by atoms with Gasteiger partial charge in [-0.15, -0.1) is 0 Å². The fourth-order valence-corrected chi connectivity index (χ4v) is 3.84. The summed E-state index contributed by atoms with van der Waals surface area (Å²) in [6.45, 7) is 4.61. The van der Waals surface area contributed by atoms with E-state index in [1.165, 1.54) is 13.2 Å². The van der Waals surface area contributed by atoms with Crippen LogP contribution in [0, 0.1) is 10.1 Å². The summed E-state index contributed by atoms with van der Waals surface area (Å²) < 4.78 is 11.6. The first kappa shape index (κ1) is 20.9. The Balaban J connectivity index is 1.71. The van der Waals surface area contributed by atoms with Crippen LogP contribution in [0.1, 0.15) is 17.3 Å². The molecule has 0 aliphatic carbocycles. The second-order valence-corrected chi connectivity index (χ2v) is 7.33. The number of rotatable bonds is 6. The number of methoxy groups -OCH3 is 1. The minimum absolute atomic E-state index is 0.0624. The van der Waals surface area contributed by atoms with E-state index in [0.717, 1.165) is 5.69 Å². The molecule has 8 nitrogen and oxygen atoms in total. The quantitative estimate of drug-likeness (QED) is 0.479. The molecule has 2 aromatic carbocycles. The number of nitro groups is 1. The van der Waals surface area contributed by atoms with E-state index in [4.69, 9.17) is 9.47 Å². The van der Waals surface area contributed by atoms with Gasteiger partial charge >= 0.3 is 0 Å². The molecule has 1 aliphatic rings. The largest absolute Gasteiger partial charge is 0.493 e. The number of anilines is 1. The Morgan fingerprint density at radius 2 is 1.93 bits per heavy atom. The first-order chi connectivity index (χ1) is 13.9. The second kappa shape index (κ2) is 9.13. The van der Waals surface area contributed by atoms with Crippen LogP contribution in [0.2, 0.25) is 0 Å². The molecule has 9 heteroatoms. The lowest BCUT2D eigenvalue weighted by Crippen LogP contribution is -2.48. The predicted octanol–water partition coefficient (Wildman–Crippen LogP) is 3.73. The third-order valence-electron chi connectivity index (χ3n) is 4.74. The first-order valence-corrected chi connectivity index (χ1v) is 10.0. The average molecular weight is 464 g/mol. The van der Waals surface area contributed by atoms with Crippen LogP contribution >= 0.6 is 15.9 Å². The van der Waals surface area contributed by atoms with Gasteiger partial charge in [0.15, 0.2) is 11.5 Å². The molecule has 3 rings (SSSR count). The van der Waals surface area contributed by atoms with E-state index in [1.54, 1.807) is 29.2 Å². The van der Waals surface area contributed by atoms with Gasteiger partial charge in [0, 0.05) is 49.6 Å². The Hall–Kier alpha value is -2.81. The highest BCUT2D eigenvalue weighted by Gasteiger charge is 2.25. The number of halogens is 1. The molecule has 1 amide bonds. The van der Waals surface area contributed by atoms with Crippen molar-refractivity contribution in [3.8, 4) is 11.5 Å². The summed E-state index contributed by atoms with van der Waals surface area (Å²) in [6.07, 6.45) is 0. The third-order valence-corrected chi connectivity index (χ3v) is 5.33. The highest BCUT2D eigenvalue weighted by atomic mass is 79.9. The number of non-ortho nitro benzene ring substituents is 1. The van der Waals surface area contributed by atoms with Gasteiger partial charge in [-0.05, 0) is 41.1 Å². The van der Waals surface area contributed by atoms with Gasteiger partial charge in [-0.25, -0.2) is 0 Å². The van der Waals surface area contributed by atoms with Crippen LogP contribution in [0.4, 0.5) is 11.4 Å².